The van der Waals surface area contributed by atoms with Crippen molar-refractivity contribution in [3.05, 3.63) is 24.0 Å². The maximum atomic E-state index is 5.78. The number of aromatic nitrogens is 2. The molecule has 2 heterocycles. The Labute approximate surface area is 70.6 Å². The molecule has 2 aromatic rings. The molecule has 0 saturated carbocycles. The van der Waals surface area contributed by atoms with E-state index in [0.717, 1.165) is 23.1 Å². The topological polar surface area (TPSA) is 54.7 Å². The number of rotatable bonds is 1. The molecule has 0 aromatic carbocycles. The fourth-order valence-electron chi connectivity index (χ4n) is 1.45. The van der Waals surface area contributed by atoms with E-state index in [2.05, 4.69) is 16.9 Å². The van der Waals surface area contributed by atoms with Crippen LogP contribution in [0.3, 0.4) is 0 Å². The highest BCUT2D eigenvalue weighted by molar-refractivity contribution is 5.91. The summed E-state index contributed by atoms with van der Waals surface area (Å²) in [7, 11) is 0. The molecule has 0 aliphatic heterocycles. The van der Waals surface area contributed by atoms with Gasteiger partial charge in [0.2, 0.25) is 0 Å². The summed E-state index contributed by atoms with van der Waals surface area (Å²) < 4.78 is 0. The summed E-state index contributed by atoms with van der Waals surface area (Å²) in [4.78, 5) is 7.20. The molecule has 3 N–H and O–H groups in total. The number of nitrogens with two attached hydrogens (primary N) is 1. The molecule has 0 spiro atoms. The van der Waals surface area contributed by atoms with Gasteiger partial charge in [-0.15, -0.1) is 0 Å². The van der Waals surface area contributed by atoms with Crippen LogP contribution in [0.25, 0.3) is 11.0 Å². The number of nitrogens with one attached hydrogen (secondary N) is 1. The quantitative estimate of drug-likeness (QED) is 0.669. The van der Waals surface area contributed by atoms with Crippen LogP contribution in [0.2, 0.25) is 0 Å². The second-order valence-corrected chi connectivity index (χ2v) is 2.79. The molecule has 12 heavy (non-hydrogen) atoms. The molecular formula is C9H11N3. The first-order chi connectivity index (χ1) is 5.83. The fraction of sp³-hybridized carbons (Fsp3) is 0.222. The highest BCUT2D eigenvalue weighted by Gasteiger charge is 2.04. The van der Waals surface area contributed by atoms with Crippen molar-refractivity contribution in [2.24, 2.45) is 0 Å². The number of pyridine rings is 1. The summed E-state index contributed by atoms with van der Waals surface area (Å²) in [5.41, 5.74) is 8.70. The number of fused-ring (bicyclic) bond motifs is 1. The van der Waals surface area contributed by atoms with Gasteiger partial charge in [-0.2, -0.15) is 0 Å². The summed E-state index contributed by atoms with van der Waals surface area (Å²) in [6.07, 6.45) is 4.58. The van der Waals surface area contributed by atoms with Gasteiger partial charge < -0.3 is 10.7 Å². The van der Waals surface area contributed by atoms with Crippen LogP contribution >= 0.6 is 0 Å². The van der Waals surface area contributed by atoms with Gasteiger partial charge in [-0.1, -0.05) is 6.92 Å². The molecule has 0 bridgehead atoms. The molecule has 0 fully saturated rings. The molecule has 3 heteroatoms. The maximum Gasteiger partial charge on any atom is 0.139 e. The number of nitrogen functional groups attached to an aromatic ring is 1. The Morgan fingerprint density at radius 1 is 1.58 bits per heavy atom. The lowest BCUT2D eigenvalue weighted by Crippen LogP contribution is -1.87. The highest BCUT2D eigenvalue weighted by atomic mass is 14.9. The Morgan fingerprint density at radius 3 is 3.17 bits per heavy atom. The summed E-state index contributed by atoms with van der Waals surface area (Å²) >= 11 is 0. The van der Waals surface area contributed by atoms with E-state index in [-0.39, 0.29) is 0 Å². The lowest BCUT2D eigenvalue weighted by atomic mass is 10.1. The summed E-state index contributed by atoms with van der Waals surface area (Å²) in [6, 6.07) is 2.01. The number of aromatic amines is 1. The Kier molecular flexibility index (Phi) is 1.50. The Morgan fingerprint density at radius 2 is 2.42 bits per heavy atom. The van der Waals surface area contributed by atoms with Crippen molar-refractivity contribution in [3.63, 3.8) is 0 Å². The van der Waals surface area contributed by atoms with Crippen molar-refractivity contribution in [2.75, 3.05) is 5.73 Å². The fourth-order valence-corrected chi connectivity index (χ4v) is 1.45. The number of hydrogen-bond acceptors (Lipinski definition) is 2. The standard InChI is InChI=1S/C9H11N3/c1-2-6-3-4-11-9-8(6)7(10)5-12-9/h3-5H,2,10H2,1H3,(H,11,12). The maximum absolute atomic E-state index is 5.78. The first-order valence-corrected chi connectivity index (χ1v) is 4.03. The van der Waals surface area contributed by atoms with Crippen molar-refractivity contribution in [1.29, 1.82) is 0 Å². The van der Waals surface area contributed by atoms with Crippen LogP contribution in [-0.4, -0.2) is 9.97 Å². The molecule has 0 amide bonds. The minimum Gasteiger partial charge on any atom is -0.397 e. The van der Waals surface area contributed by atoms with Crippen molar-refractivity contribution in [1.82, 2.24) is 9.97 Å². The van der Waals surface area contributed by atoms with E-state index >= 15 is 0 Å². The Balaban J connectivity index is 2.84. The lowest BCUT2D eigenvalue weighted by molar-refractivity contribution is 1.15. The zero-order chi connectivity index (χ0) is 8.55. The largest absolute Gasteiger partial charge is 0.397 e. The van der Waals surface area contributed by atoms with E-state index in [1.54, 1.807) is 12.4 Å². The summed E-state index contributed by atoms with van der Waals surface area (Å²) in [5.74, 6) is 0. The van der Waals surface area contributed by atoms with Crippen LogP contribution in [-0.2, 0) is 6.42 Å². The van der Waals surface area contributed by atoms with Crippen molar-refractivity contribution in [2.45, 2.75) is 13.3 Å². The normalized spacial score (nSPS) is 10.8. The molecule has 0 unspecified atom stereocenters. The SMILES string of the molecule is CCc1ccnc2[nH]cc(N)c12. The van der Waals surface area contributed by atoms with Gasteiger partial charge in [0.05, 0.1) is 5.69 Å². The monoisotopic (exact) mass is 161 g/mol. The molecule has 62 valence electrons. The summed E-state index contributed by atoms with van der Waals surface area (Å²) in [6.45, 7) is 2.11. The third-order valence-electron chi connectivity index (χ3n) is 2.07. The lowest BCUT2D eigenvalue weighted by Gasteiger charge is -1.98. The van der Waals surface area contributed by atoms with E-state index in [1.165, 1.54) is 5.56 Å². The minimum absolute atomic E-state index is 0.787. The van der Waals surface area contributed by atoms with Crippen molar-refractivity contribution in [3.8, 4) is 0 Å². The Hall–Kier alpha value is -1.51. The van der Waals surface area contributed by atoms with Crippen LogP contribution in [0.4, 0.5) is 5.69 Å². The van der Waals surface area contributed by atoms with Gasteiger partial charge in [0.1, 0.15) is 5.65 Å². The predicted octanol–water partition coefficient (Wildman–Crippen LogP) is 1.71. The zero-order valence-corrected chi connectivity index (χ0v) is 6.96. The third-order valence-corrected chi connectivity index (χ3v) is 2.07. The van der Waals surface area contributed by atoms with E-state index in [4.69, 9.17) is 5.73 Å². The van der Waals surface area contributed by atoms with Crippen LogP contribution in [0.15, 0.2) is 18.5 Å². The van der Waals surface area contributed by atoms with Gasteiger partial charge in [-0.05, 0) is 18.1 Å². The minimum atomic E-state index is 0.787. The van der Waals surface area contributed by atoms with E-state index in [0.29, 0.717) is 0 Å². The molecule has 0 atom stereocenters. The van der Waals surface area contributed by atoms with Crippen molar-refractivity contribution >= 4 is 16.7 Å². The average Bonchev–Trinajstić information content (AvgIpc) is 2.48. The van der Waals surface area contributed by atoms with Gasteiger partial charge in [0.25, 0.3) is 0 Å². The van der Waals surface area contributed by atoms with Crippen LogP contribution in [0.5, 0.6) is 0 Å². The zero-order valence-electron chi connectivity index (χ0n) is 6.96. The van der Waals surface area contributed by atoms with Crippen LogP contribution in [0, 0.1) is 0 Å². The van der Waals surface area contributed by atoms with Crippen LogP contribution < -0.4 is 5.73 Å². The first kappa shape index (κ1) is 7.16. The molecule has 0 saturated heterocycles. The number of hydrogen-bond donors (Lipinski definition) is 2. The van der Waals surface area contributed by atoms with E-state index in [1.807, 2.05) is 6.07 Å². The molecule has 0 aliphatic rings. The van der Waals surface area contributed by atoms with E-state index in [9.17, 15) is 0 Å². The highest BCUT2D eigenvalue weighted by Crippen LogP contribution is 2.22. The Bertz CT molecular complexity index is 403. The smallest absolute Gasteiger partial charge is 0.139 e. The predicted molar refractivity (Wildman–Crippen MR) is 49.9 cm³/mol. The molecule has 0 radical (unpaired) electrons. The molecular weight excluding hydrogens is 150 g/mol. The molecule has 3 nitrogen and oxygen atoms in total. The molecule has 2 aromatic heterocycles. The second kappa shape index (κ2) is 2.52. The molecule has 0 aliphatic carbocycles. The van der Waals surface area contributed by atoms with Crippen molar-refractivity contribution < 1.29 is 0 Å². The third kappa shape index (κ3) is 0.863. The van der Waals surface area contributed by atoms with Gasteiger partial charge in [0.15, 0.2) is 0 Å². The van der Waals surface area contributed by atoms with E-state index < -0.39 is 0 Å². The van der Waals surface area contributed by atoms with Gasteiger partial charge in [-0.3, -0.25) is 0 Å². The van der Waals surface area contributed by atoms with Gasteiger partial charge >= 0.3 is 0 Å². The second-order valence-electron chi connectivity index (χ2n) is 2.79. The number of H-pyrrole nitrogens is 1. The summed E-state index contributed by atoms with van der Waals surface area (Å²) in [5, 5.41) is 1.07. The number of nitrogens with zero attached hydrogens (tertiary/aromatic N) is 1. The average molecular weight is 161 g/mol. The molecule has 2 rings (SSSR count). The van der Waals surface area contributed by atoms with Crippen LogP contribution in [0.1, 0.15) is 12.5 Å². The number of aryl methyl sites for hydroxylation is 1. The number of anilines is 1. The van der Waals surface area contributed by atoms with Gasteiger partial charge in [-0.25, -0.2) is 4.98 Å². The first-order valence-electron chi connectivity index (χ1n) is 4.03. The van der Waals surface area contributed by atoms with Gasteiger partial charge in [0, 0.05) is 17.8 Å².